The summed E-state index contributed by atoms with van der Waals surface area (Å²) in [7, 11) is 0. The number of nitrogens with zero attached hydrogens (tertiary/aromatic N) is 5. The van der Waals surface area contributed by atoms with Gasteiger partial charge in [-0.1, -0.05) is 16.8 Å². The van der Waals surface area contributed by atoms with Crippen molar-refractivity contribution in [1.82, 2.24) is 29.9 Å². The van der Waals surface area contributed by atoms with Crippen molar-refractivity contribution in [2.24, 2.45) is 0 Å². The van der Waals surface area contributed by atoms with E-state index in [2.05, 4.69) is 20.6 Å². The van der Waals surface area contributed by atoms with Gasteiger partial charge in [0.2, 0.25) is 5.91 Å². The first-order valence-corrected chi connectivity index (χ1v) is 8.95. The van der Waals surface area contributed by atoms with Gasteiger partial charge in [0.05, 0.1) is 11.8 Å². The molecule has 0 bridgehead atoms. The van der Waals surface area contributed by atoms with Crippen molar-refractivity contribution in [2.45, 2.75) is 25.5 Å². The van der Waals surface area contributed by atoms with Gasteiger partial charge >= 0.3 is 0 Å². The maximum Gasteiger partial charge on any atom is 0.284 e. The van der Waals surface area contributed by atoms with Crippen LogP contribution in [0.4, 0.5) is 0 Å². The smallest absolute Gasteiger partial charge is 0.284 e. The van der Waals surface area contributed by atoms with Crippen LogP contribution < -0.4 is 10.9 Å². The van der Waals surface area contributed by atoms with E-state index >= 15 is 0 Å². The van der Waals surface area contributed by atoms with E-state index in [0.29, 0.717) is 22.9 Å². The SMILES string of the molecule is O=C(Cn1cnc2c(nnn2-c2ccc(Cl)cc2)c1=O)NC[C@@H]1CCCO1. The normalized spacial score (nSPS) is 16.7. The summed E-state index contributed by atoms with van der Waals surface area (Å²) in [6.07, 6.45) is 3.31. The van der Waals surface area contributed by atoms with E-state index in [1.807, 2.05) is 0 Å². The highest BCUT2D eigenvalue weighted by Gasteiger charge is 2.18. The summed E-state index contributed by atoms with van der Waals surface area (Å²) in [5, 5.41) is 11.3. The highest BCUT2D eigenvalue weighted by molar-refractivity contribution is 6.30. The average molecular weight is 389 g/mol. The molecule has 0 unspecified atom stereocenters. The van der Waals surface area contributed by atoms with Gasteiger partial charge in [-0.05, 0) is 37.1 Å². The van der Waals surface area contributed by atoms with Crippen molar-refractivity contribution in [3.8, 4) is 5.69 Å². The number of aromatic nitrogens is 5. The summed E-state index contributed by atoms with van der Waals surface area (Å²) < 4.78 is 8.13. The predicted octanol–water partition coefficient (Wildman–Crippen LogP) is 0.926. The molecule has 3 aromatic rings. The molecule has 0 aliphatic carbocycles. The van der Waals surface area contributed by atoms with E-state index < -0.39 is 5.56 Å². The Bertz CT molecular complexity index is 1020. The largest absolute Gasteiger partial charge is 0.376 e. The van der Waals surface area contributed by atoms with Crippen LogP contribution in [0.25, 0.3) is 16.9 Å². The zero-order chi connectivity index (χ0) is 18.8. The number of halogens is 1. The van der Waals surface area contributed by atoms with Crippen molar-refractivity contribution >= 4 is 28.7 Å². The van der Waals surface area contributed by atoms with Gasteiger partial charge in [0.1, 0.15) is 12.9 Å². The van der Waals surface area contributed by atoms with Crippen molar-refractivity contribution in [1.29, 1.82) is 0 Å². The molecule has 0 radical (unpaired) electrons. The van der Waals surface area contributed by atoms with E-state index in [9.17, 15) is 9.59 Å². The zero-order valence-corrected chi connectivity index (χ0v) is 15.1. The molecule has 3 heterocycles. The van der Waals surface area contributed by atoms with Gasteiger partial charge in [0.25, 0.3) is 5.56 Å². The standard InChI is InChI=1S/C17H17ClN6O3/c18-11-3-5-12(6-4-11)24-16-15(21-22-24)17(26)23(10-20-16)9-14(25)19-8-13-2-1-7-27-13/h3-6,10,13H,1-2,7-9H2,(H,19,25)/t13-/m0/s1. The van der Waals surface area contributed by atoms with E-state index in [1.165, 1.54) is 15.6 Å². The van der Waals surface area contributed by atoms with Gasteiger partial charge in [-0.3, -0.25) is 14.2 Å². The van der Waals surface area contributed by atoms with Crippen LogP contribution in [0.1, 0.15) is 12.8 Å². The second-order valence-corrected chi connectivity index (χ2v) is 6.70. The number of carbonyl (C=O) groups is 1. The van der Waals surface area contributed by atoms with E-state index in [1.54, 1.807) is 24.3 Å². The number of carbonyl (C=O) groups excluding carboxylic acids is 1. The van der Waals surface area contributed by atoms with Gasteiger partial charge < -0.3 is 10.1 Å². The molecular formula is C17H17ClN6O3. The zero-order valence-electron chi connectivity index (χ0n) is 14.3. The van der Waals surface area contributed by atoms with Crippen LogP contribution in [0, 0.1) is 0 Å². The van der Waals surface area contributed by atoms with Crippen LogP contribution in [-0.4, -0.2) is 49.7 Å². The van der Waals surface area contributed by atoms with Gasteiger partial charge in [-0.15, -0.1) is 5.10 Å². The number of hydrogen-bond donors (Lipinski definition) is 1. The minimum atomic E-state index is -0.424. The number of fused-ring (bicyclic) bond motifs is 1. The quantitative estimate of drug-likeness (QED) is 0.697. The van der Waals surface area contributed by atoms with Crippen LogP contribution in [0.5, 0.6) is 0 Å². The number of amides is 1. The first-order valence-electron chi connectivity index (χ1n) is 8.57. The fraction of sp³-hybridized carbons (Fsp3) is 0.353. The Morgan fingerprint density at radius 1 is 1.33 bits per heavy atom. The van der Waals surface area contributed by atoms with E-state index in [4.69, 9.17) is 16.3 Å². The Hall–Kier alpha value is -2.78. The lowest BCUT2D eigenvalue weighted by atomic mass is 10.2. The van der Waals surface area contributed by atoms with Crippen molar-refractivity contribution < 1.29 is 9.53 Å². The third kappa shape index (κ3) is 3.69. The molecule has 0 saturated carbocycles. The lowest BCUT2D eigenvalue weighted by Crippen LogP contribution is -2.36. The lowest BCUT2D eigenvalue weighted by Gasteiger charge is -2.11. The minimum absolute atomic E-state index is 0.0468. The summed E-state index contributed by atoms with van der Waals surface area (Å²) in [6, 6.07) is 6.93. The summed E-state index contributed by atoms with van der Waals surface area (Å²) in [6.45, 7) is 1.03. The Labute approximate surface area is 158 Å². The Kier molecular flexibility index (Phi) is 4.87. The van der Waals surface area contributed by atoms with Crippen LogP contribution in [0.2, 0.25) is 5.02 Å². The molecule has 1 fully saturated rings. The van der Waals surface area contributed by atoms with E-state index in [0.717, 1.165) is 19.4 Å². The number of hydrogen-bond acceptors (Lipinski definition) is 6. The molecule has 2 aromatic heterocycles. The summed E-state index contributed by atoms with van der Waals surface area (Å²) in [5.74, 6) is -0.279. The average Bonchev–Trinajstić information content (AvgIpc) is 3.33. The van der Waals surface area contributed by atoms with Gasteiger partial charge in [-0.25, -0.2) is 4.98 Å². The second-order valence-electron chi connectivity index (χ2n) is 6.27. The number of nitrogens with one attached hydrogen (secondary N) is 1. The number of ether oxygens (including phenoxy) is 1. The highest BCUT2D eigenvalue weighted by atomic mass is 35.5. The molecule has 9 nitrogen and oxygen atoms in total. The molecular weight excluding hydrogens is 372 g/mol. The van der Waals surface area contributed by atoms with Crippen LogP contribution in [0.3, 0.4) is 0 Å². The summed E-state index contributed by atoms with van der Waals surface area (Å²) >= 11 is 5.89. The number of rotatable bonds is 5. The highest BCUT2D eigenvalue weighted by Crippen LogP contribution is 2.15. The Morgan fingerprint density at radius 3 is 2.89 bits per heavy atom. The first kappa shape index (κ1) is 17.6. The van der Waals surface area contributed by atoms with Crippen molar-refractivity contribution in [3.63, 3.8) is 0 Å². The molecule has 0 spiro atoms. The van der Waals surface area contributed by atoms with Gasteiger partial charge in [0, 0.05) is 18.2 Å². The lowest BCUT2D eigenvalue weighted by molar-refractivity contribution is -0.122. The maximum absolute atomic E-state index is 12.6. The van der Waals surface area contributed by atoms with Crippen molar-refractivity contribution in [3.05, 3.63) is 46.0 Å². The molecule has 1 aliphatic heterocycles. The molecule has 1 aromatic carbocycles. The van der Waals surface area contributed by atoms with Gasteiger partial charge in [0.15, 0.2) is 11.2 Å². The molecule has 10 heteroatoms. The monoisotopic (exact) mass is 388 g/mol. The maximum atomic E-state index is 12.6. The molecule has 4 rings (SSSR count). The van der Waals surface area contributed by atoms with Crippen LogP contribution in [-0.2, 0) is 16.1 Å². The topological polar surface area (TPSA) is 104 Å². The van der Waals surface area contributed by atoms with Crippen molar-refractivity contribution in [2.75, 3.05) is 13.2 Å². The third-order valence-electron chi connectivity index (χ3n) is 4.37. The number of benzene rings is 1. The van der Waals surface area contributed by atoms with Gasteiger partial charge in [-0.2, -0.15) is 4.68 Å². The van der Waals surface area contributed by atoms with Crippen LogP contribution in [0.15, 0.2) is 35.4 Å². The second kappa shape index (κ2) is 7.45. The molecule has 1 amide bonds. The minimum Gasteiger partial charge on any atom is -0.376 e. The fourth-order valence-electron chi connectivity index (χ4n) is 2.96. The molecule has 140 valence electrons. The van der Waals surface area contributed by atoms with E-state index in [-0.39, 0.29) is 24.1 Å². The molecule has 1 saturated heterocycles. The molecule has 27 heavy (non-hydrogen) atoms. The Morgan fingerprint density at radius 2 is 2.15 bits per heavy atom. The molecule has 1 atom stereocenters. The molecule has 1 aliphatic rings. The third-order valence-corrected chi connectivity index (χ3v) is 4.62. The summed E-state index contributed by atoms with van der Waals surface area (Å²) in [4.78, 5) is 29.0. The summed E-state index contributed by atoms with van der Waals surface area (Å²) in [5.41, 5.74) is 0.672. The van der Waals surface area contributed by atoms with Crippen LogP contribution >= 0.6 is 11.6 Å². The fourth-order valence-corrected chi connectivity index (χ4v) is 3.08. The predicted molar refractivity (Wildman–Crippen MR) is 97.9 cm³/mol. The molecule has 1 N–H and O–H groups in total. The Balaban J connectivity index is 1.53. The first-order chi connectivity index (χ1) is 13.1.